The SMILES string of the molecule is CCOC(=O)N1CCN(c2nncc(Nc3ccc(C)c(C)c3)n2)CC1. The van der Waals surface area contributed by atoms with Crippen LogP contribution in [-0.2, 0) is 4.74 Å². The quantitative estimate of drug-likeness (QED) is 0.901. The number of carbonyl (C=O) groups is 1. The van der Waals surface area contributed by atoms with E-state index in [1.165, 1.54) is 11.1 Å². The fourth-order valence-corrected chi connectivity index (χ4v) is 2.76. The van der Waals surface area contributed by atoms with Gasteiger partial charge >= 0.3 is 6.09 Å². The van der Waals surface area contributed by atoms with E-state index in [-0.39, 0.29) is 6.09 Å². The summed E-state index contributed by atoms with van der Waals surface area (Å²) >= 11 is 0. The second-order valence-electron chi connectivity index (χ2n) is 6.24. The Kier molecular flexibility index (Phi) is 5.50. The molecular weight excluding hydrogens is 332 g/mol. The third kappa shape index (κ3) is 4.19. The number of rotatable bonds is 4. The van der Waals surface area contributed by atoms with Crippen LogP contribution in [0.4, 0.5) is 22.2 Å². The minimum atomic E-state index is -0.267. The number of anilines is 3. The zero-order valence-corrected chi connectivity index (χ0v) is 15.4. The van der Waals surface area contributed by atoms with Crippen molar-refractivity contribution in [2.75, 3.05) is 43.0 Å². The van der Waals surface area contributed by atoms with Crippen molar-refractivity contribution < 1.29 is 9.53 Å². The van der Waals surface area contributed by atoms with Crippen molar-refractivity contribution in [2.24, 2.45) is 0 Å². The second kappa shape index (κ2) is 7.99. The average Bonchev–Trinajstić information content (AvgIpc) is 2.65. The van der Waals surface area contributed by atoms with Crippen molar-refractivity contribution in [3.63, 3.8) is 0 Å². The third-order valence-corrected chi connectivity index (χ3v) is 4.42. The average molecular weight is 356 g/mol. The highest BCUT2D eigenvalue weighted by molar-refractivity contribution is 5.68. The topological polar surface area (TPSA) is 83.5 Å². The first-order chi connectivity index (χ1) is 12.6. The zero-order chi connectivity index (χ0) is 18.5. The molecule has 1 N–H and O–H groups in total. The van der Waals surface area contributed by atoms with Gasteiger partial charge in [-0.1, -0.05) is 6.07 Å². The largest absolute Gasteiger partial charge is 0.450 e. The monoisotopic (exact) mass is 356 g/mol. The third-order valence-electron chi connectivity index (χ3n) is 4.42. The summed E-state index contributed by atoms with van der Waals surface area (Å²) in [6.07, 6.45) is 1.34. The summed E-state index contributed by atoms with van der Waals surface area (Å²) in [5.41, 5.74) is 3.43. The van der Waals surface area contributed by atoms with Gasteiger partial charge in [-0.15, -0.1) is 5.10 Å². The van der Waals surface area contributed by atoms with Gasteiger partial charge in [-0.2, -0.15) is 10.1 Å². The van der Waals surface area contributed by atoms with Crippen LogP contribution in [0.1, 0.15) is 18.1 Å². The molecule has 0 saturated carbocycles. The lowest BCUT2D eigenvalue weighted by atomic mass is 10.1. The predicted octanol–water partition coefficient (Wildman–Crippen LogP) is 2.51. The first-order valence-corrected chi connectivity index (χ1v) is 8.77. The molecule has 2 heterocycles. The van der Waals surface area contributed by atoms with Crippen molar-refractivity contribution in [1.29, 1.82) is 0 Å². The number of ether oxygens (including phenoxy) is 1. The molecule has 138 valence electrons. The molecule has 8 nitrogen and oxygen atoms in total. The Bertz CT molecular complexity index is 774. The van der Waals surface area contributed by atoms with Crippen molar-refractivity contribution in [3.8, 4) is 0 Å². The van der Waals surface area contributed by atoms with Gasteiger partial charge in [-0.3, -0.25) is 0 Å². The smallest absolute Gasteiger partial charge is 0.409 e. The van der Waals surface area contributed by atoms with Crippen molar-refractivity contribution in [3.05, 3.63) is 35.5 Å². The number of hydrogen-bond acceptors (Lipinski definition) is 7. The van der Waals surface area contributed by atoms with E-state index >= 15 is 0 Å². The van der Waals surface area contributed by atoms with Gasteiger partial charge < -0.3 is 19.9 Å². The van der Waals surface area contributed by atoms with Gasteiger partial charge in [0.25, 0.3) is 0 Å². The van der Waals surface area contributed by atoms with Crippen molar-refractivity contribution in [1.82, 2.24) is 20.1 Å². The summed E-state index contributed by atoms with van der Waals surface area (Å²) in [4.78, 5) is 20.1. The minimum Gasteiger partial charge on any atom is -0.450 e. The van der Waals surface area contributed by atoms with Crippen LogP contribution in [0.15, 0.2) is 24.4 Å². The van der Waals surface area contributed by atoms with Gasteiger partial charge in [0.2, 0.25) is 5.95 Å². The van der Waals surface area contributed by atoms with Crippen LogP contribution in [0.2, 0.25) is 0 Å². The Balaban J connectivity index is 1.64. The molecule has 0 spiro atoms. The molecule has 0 aliphatic carbocycles. The van der Waals surface area contributed by atoms with Crippen LogP contribution in [0.3, 0.4) is 0 Å². The number of carbonyl (C=O) groups excluding carboxylic acids is 1. The molecule has 26 heavy (non-hydrogen) atoms. The number of hydrogen-bond donors (Lipinski definition) is 1. The van der Waals surface area contributed by atoms with E-state index in [1.807, 2.05) is 17.9 Å². The van der Waals surface area contributed by atoms with Gasteiger partial charge in [0.15, 0.2) is 5.82 Å². The number of aromatic nitrogens is 3. The van der Waals surface area contributed by atoms with E-state index < -0.39 is 0 Å². The fraction of sp³-hybridized carbons (Fsp3) is 0.444. The molecule has 8 heteroatoms. The van der Waals surface area contributed by atoms with E-state index in [4.69, 9.17) is 4.74 Å². The fourth-order valence-electron chi connectivity index (χ4n) is 2.76. The summed E-state index contributed by atoms with van der Waals surface area (Å²) in [5.74, 6) is 1.20. The Hall–Kier alpha value is -2.90. The molecule has 3 rings (SSSR count). The Morgan fingerprint density at radius 3 is 2.65 bits per heavy atom. The summed E-state index contributed by atoms with van der Waals surface area (Å²) in [6.45, 7) is 8.81. The molecule has 1 fully saturated rings. The molecule has 1 aliphatic heterocycles. The van der Waals surface area contributed by atoms with Gasteiger partial charge in [-0.25, -0.2) is 4.79 Å². The Morgan fingerprint density at radius 1 is 1.19 bits per heavy atom. The maximum Gasteiger partial charge on any atom is 0.409 e. The molecule has 0 bridgehead atoms. The molecule has 1 aliphatic rings. The number of amides is 1. The van der Waals surface area contributed by atoms with Gasteiger partial charge in [0.05, 0.1) is 12.8 Å². The standard InChI is InChI=1S/C18H24N6O2/c1-4-26-18(25)24-9-7-23(8-10-24)17-21-16(12-19-22-17)20-15-6-5-13(2)14(3)11-15/h5-6,11-12H,4,7-10H2,1-3H3,(H,20,21,22). The lowest BCUT2D eigenvalue weighted by molar-refractivity contribution is 0.105. The van der Waals surface area contributed by atoms with E-state index in [0.717, 1.165) is 5.69 Å². The summed E-state index contributed by atoms with van der Waals surface area (Å²) in [7, 11) is 0. The van der Waals surface area contributed by atoms with E-state index in [9.17, 15) is 4.79 Å². The highest BCUT2D eigenvalue weighted by Crippen LogP contribution is 2.19. The number of piperazine rings is 1. The van der Waals surface area contributed by atoms with Crippen LogP contribution in [0, 0.1) is 13.8 Å². The van der Waals surface area contributed by atoms with Gasteiger partial charge in [-0.05, 0) is 44.0 Å². The van der Waals surface area contributed by atoms with Crippen LogP contribution in [0.25, 0.3) is 0 Å². The maximum absolute atomic E-state index is 11.8. The van der Waals surface area contributed by atoms with Crippen molar-refractivity contribution >= 4 is 23.5 Å². The van der Waals surface area contributed by atoms with Crippen LogP contribution in [-0.4, -0.2) is 59.0 Å². The van der Waals surface area contributed by atoms with E-state index in [1.54, 1.807) is 11.1 Å². The molecule has 2 aromatic rings. The molecule has 0 radical (unpaired) electrons. The first kappa shape index (κ1) is 17.9. The normalized spacial score (nSPS) is 14.3. The predicted molar refractivity (Wildman–Crippen MR) is 99.8 cm³/mol. The highest BCUT2D eigenvalue weighted by atomic mass is 16.6. The molecule has 0 atom stereocenters. The van der Waals surface area contributed by atoms with Crippen LogP contribution >= 0.6 is 0 Å². The maximum atomic E-state index is 11.8. The first-order valence-electron chi connectivity index (χ1n) is 8.77. The molecular formula is C18H24N6O2. The zero-order valence-electron chi connectivity index (χ0n) is 15.4. The highest BCUT2D eigenvalue weighted by Gasteiger charge is 2.23. The lowest BCUT2D eigenvalue weighted by Gasteiger charge is -2.33. The molecule has 0 unspecified atom stereocenters. The van der Waals surface area contributed by atoms with Gasteiger partial charge in [0.1, 0.15) is 0 Å². The number of aryl methyl sites for hydroxylation is 2. The summed E-state index contributed by atoms with van der Waals surface area (Å²) < 4.78 is 5.04. The lowest BCUT2D eigenvalue weighted by Crippen LogP contribution is -2.49. The molecule has 1 aromatic heterocycles. The second-order valence-corrected chi connectivity index (χ2v) is 6.24. The summed E-state index contributed by atoms with van der Waals surface area (Å²) in [5, 5.41) is 11.5. The van der Waals surface area contributed by atoms with E-state index in [2.05, 4.69) is 46.5 Å². The van der Waals surface area contributed by atoms with Crippen LogP contribution < -0.4 is 10.2 Å². The molecule has 1 aromatic carbocycles. The van der Waals surface area contributed by atoms with E-state index in [0.29, 0.717) is 44.6 Å². The van der Waals surface area contributed by atoms with Gasteiger partial charge in [0, 0.05) is 31.9 Å². The molecule has 1 saturated heterocycles. The number of nitrogens with zero attached hydrogens (tertiary/aromatic N) is 5. The van der Waals surface area contributed by atoms with Crippen LogP contribution in [0.5, 0.6) is 0 Å². The Labute approximate surface area is 153 Å². The minimum absolute atomic E-state index is 0.267. The molecule has 1 amide bonds. The number of nitrogens with one attached hydrogen (secondary N) is 1. The number of benzene rings is 1. The summed E-state index contributed by atoms with van der Waals surface area (Å²) in [6, 6.07) is 6.17. The Morgan fingerprint density at radius 2 is 1.96 bits per heavy atom. The van der Waals surface area contributed by atoms with Crippen molar-refractivity contribution in [2.45, 2.75) is 20.8 Å².